The molecular formula is C33H37FN4O5. The highest BCUT2D eigenvalue weighted by Gasteiger charge is 2.35. The Hall–Kier alpha value is -4.60. The number of nitrogens with zero attached hydrogens (tertiary/aromatic N) is 3. The van der Waals surface area contributed by atoms with Crippen molar-refractivity contribution in [3.05, 3.63) is 84.3 Å². The van der Waals surface area contributed by atoms with E-state index >= 15 is 0 Å². The Bertz CT molecular complexity index is 1600. The van der Waals surface area contributed by atoms with Gasteiger partial charge in [-0.1, -0.05) is 12.1 Å². The maximum absolute atomic E-state index is 13.4. The largest absolute Gasteiger partial charge is 0.497 e. The number of aromatic nitrogens is 2. The Morgan fingerprint density at radius 2 is 1.81 bits per heavy atom. The summed E-state index contributed by atoms with van der Waals surface area (Å²) in [5.74, 6) is 0.455. The SMILES string of the molecule is COc1cccc([C@@H](Oc2ccc3c(cnn3-c3ccc(F)cc3)c2)[C@H](C)NC(=O)C2CCN(C(=O)OC(C)(C)C)C2)c1. The van der Waals surface area contributed by atoms with Crippen molar-refractivity contribution in [2.45, 2.75) is 51.9 Å². The predicted molar refractivity (Wildman–Crippen MR) is 161 cm³/mol. The van der Waals surface area contributed by atoms with Crippen molar-refractivity contribution in [3.63, 3.8) is 0 Å². The molecule has 0 saturated carbocycles. The molecule has 1 fully saturated rings. The molecule has 2 amide bonds. The summed E-state index contributed by atoms with van der Waals surface area (Å²) in [5.41, 5.74) is 1.81. The van der Waals surface area contributed by atoms with E-state index in [1.165, 1.54) is 12.1 Å². The summed E-state index contributed by atoms with van der Waals surface area (Å²) in [7, 11) is 1.60. The van der Waals surface area contributed by atoms with Gasteiger partial charge >= 0.3 is 6.09 Å². The number of fused-ring (bicyclic) bond motifs is 1. The average Bonchev–Trinajstić information content (AvgIpc) is 3.63. The highest BCUT2D eigenvalue weighted by atomic mass is 19.1. The Balaban J connectivity index is 1.34. The van der Waals surface area contributed by atoms with Crippen LogP contribution in [-0.4, -0.2) is 58.5 Å². The first-order valence-corrected chi connectivity index (χ1v) is 14.3. The van der Waals surface area contributed by atoms with E-state index in [2.05, 4.69) is 10.4 Å². The van der Waals surface area contributed by atoms with Crippen molar-refractivity contribution in [2.75, 3.05) is 20.2 Å². The zero-order chi connectivity index (χ0) is 30.7. The number of likely N-dealkylation sites (tertiary alicyclic amines) is 1. The molecule has 3 aromatic carbocycles. The average molecular weight is 589 g/mol. The summed E-state index contributed by atoms with van der Waals surface area (Å²) in [5, 5.41) is 8.45. The minimum Gasteiger partial charge on any atom is -0.497 e. The molecule has 0 bridgehead atoms. The molecule has 1 saturated heterocycles. The molecule has 9 nitrogen and oxygen atoms in total. The van der Waals surface area contributed by atoms with Crippen molar-refractivity contribution in [2.24, 2.45) is 5.92 Å². The summed E-state index contributed by atoms with van der Waals surface area (Å²) in [4.78, 5) is 27.4. The Morgan fingerprint density at radius 3 is 2.53 bits per heavy atom. The molecule has 1 unspecified atom stereocenters. The fourth-order valence-electron chi connectivity index (χ4n) is 5.18. The summed E-state index contributed by atoms with van der Waals surface area (Å²) in [6.07, 6.45) is 1.32. The van der Waals surface area contributed by atoms with Crippen LogP contribution in [0.5, 0.6) is 11.5 Å². The zero-order valence-corrected chi connectivity index (χ0v) is 25.0. The molecule has 5 rings (SSSR count). The van der Waals surface area contributed by atoms with Crippen LogP contribution in [0, 0.1) is 11.7 Å². The van der Waals surface area contributed by atoms with Crippen molar-refractivity contribution in [3.8, 4) is 17.2 Å². The topological polar surface area (TPSA) is 94.9 Å². The summed E-state index contributed by atoms with van der Waals surface area (Å²) in [6, 6.07) is 18.9. The van der Waals surface area contributed by atoms with E-state index in [9.17, 15) is 14.0 Å². The molecule has 0 spiro atoms. The summed E-state index contributed by atoms with van der Waals surface area (Å²) in [6.45, 7) is 8.12. The van der Waals surface area contributed by atoms with Gasteiger partial charge in [0.1, 0.15) is 29.0 Å². The van der Waals surface area contributed by atoms with Crippen LogP contribution >= 0.6 is 0 Å². The number of carbonyl (C=O) groups excluding carboxylic acids is 2. The van der Waals surface area contributed by atoms with Crippen molar-refractivity contribution in [1.82, 2.24) is 20.0 Å². The Labute approximate surface area is 250 Å². The molecule has 0 radical (unpaired) electrons. The molecule has 226 valence electrons. The lowest BCUT2D eigenvalue weighted by Crippen LogP contribution is -2.43. The molecule has 2 heterocycles. The standard InChI is InChI=1S/C33H37FN4O5/c1-21(36-31(39)23-15-16-37(20-23)32(40)43-33(2,3)4)30(22-7-6-8-27(17-22)41-5)42-28-13-14-29-24(18-28)19-35-38(29)26-11-9-25(34)10-12-26/h6-14,17-19,21,23,30H,15-16,20H2,1-5H3,(H,36,39)/t21-,23?,30-/m0/s1. The second kappa shape index (κ2) is 12.3. The third-order valence-corrected chi connectivity index (χ3v) is 7.33. The first-order valence-electron chi connectivity index (χ1n) is 14.3. The van der Waals surface area contributed by atoms with Crippen LogP contribution in [0.1, 0.15) is 45.8 Å². The molecule has 1 aliphatic rings. The van der Waals surface area contributed by atoms with Crippen LogP contribution in [0.25, 0.3) is 16.6 Å². The third-order valence-electron chi connectivity index (χ3n) is 7.33. The number of benzene rings is 3. The number of halogens is 1. The molecule has 4 aromatic rings. The first kappa shape index (κ1) is 29.9. The van der Waals surface area contributed by atoms with E-state index in [1.807, 2.05) is 70.2 Å². The van der Waals surface area contributed by atoms with Gasteiger partial charge in [0.25, 0.3) is 0 Å². The van der Waals surface area contributed by atoms with Crippen LogP contribution in [0.3, 0.4) is 0 Å². The van der Waals surface area contributed by atoms with Gasteiger partial charge < -0.3 is 24.4 Å². The van der Waals surface area contributed by atoms with Gasteiger partial charge in [0, 0.05) is 18.5 Å². The predicted octanol–water partition coefficient (Wildman–Crippen LogP) is 6.06. The van der Waals surface area contributed by atoms with Crippen LogP contribution in [0.2, 0.25) is 0 Å². The number of hydrogen-bond acceptors (Lipinski definition) is 6. The van der Waals surface area contributed by atoms with E-state index in [1.54, 1.807) is 35.0 Å². The summed E-state index contributed by atoms with van der Waals surface area (Å²) >= 11 is 0. The van der Waals surface area contributed by atoms with Crippen LogP contribution in [0.4, 0.5) is 9.18 Å². The molecule has 43 heavy (non-hydrogen) atoms. The number of nitrogens with one attached hydrogen (secondary N) is 1. The van der Waals surface area contributed by atoms with Crippen LogP contribution in [-0.2, 0) is 9.53 Å². The van der Waals surface area contributed by atoms with E-state index in [0.717, 1.165) is 22.2 Å². The molecule has 0 aliphatic carbocycles. The highest BCUT2D eigenvalue weighted by Crippen LogP contribution is 2.31. The van der Waals surface area contributed by atoms with Gasteiger partial charge in [-0.3, -0.25) is 4.79 Å². The van der Waals surface area contributed by atoms with Gasteiger partial charge in [0.05, 0.1) is 36.5 Å². The number of carbonyl (C=O) groups is 2. The van der Waals surface area contributed by atoms with Gasteiger partial charge in [-0.2, -0.15) is 5.10 Å². The van der Waals surface area contributed by atoms with Crippen molar-refractivity contribution in [1.29, 1.82) is 0 Å². The van der Waals surface area contributed by atoms with Gasteiger partial charge in [0.15, 0.2) is 0 Å². The normalized spacial score (nSPS) is 16.5. The van der Waals surface area contributed by atoms with Crippen molar-refractivity contribution < 1.29 is 28.2 Å². The number of ether oxygens (including phenoxy) is 3. The molecule has 10 heteroatoms. The molecule has 1 aromatic heterocycles. The van der Waals surface area contributed by atoms with E-state index in [-0.39, 0.29) is 17.6 Å². The highest BCUT2D eigenvalue weighted by molar-refractivity contribution is 5.82. The molecule has 1 aliphatic heterocycles. The van der Waals surface area contributed by atoms with Gasteiger partial charge in [-0.05, 0) is 94.3 Å². The fraction of sp³-hybridized carbons (Fsp3) is 0.364. The maximum Gasteiger partial charge on any atom is 0.410 e. The second-order valence-corrected chi connectivity index (χ2v) is 11.8. The summed E-state index contributed by atoms with van der Waals surface area (Å²) < 4.78 is 32.6. The van der Waals surface area contributed by atoms with Crippen LogP contribution in [0.15, 0.2) is 72.9 Å². The fourth-order valence-corrected chi connectivity index (χ4v) is 5.18. The molecular weight excluding hydrogens is 551 g/mol. The minimum atomic E-state index is -0.601. The number of rotatable bonds is 8. The minimum absolute atomic E-state index is 0.147. The van der Waals surface area contributed by atoms with Gasteiger partial charge in [0.2, 0.25) is 5.91 Å². The number of amides is 2. The van der Waals surface area contributed by atoms with Gasteiger partial charge in [-0.15, -0.1) is 0 Å². The molecule has 3 atom stereocenters. The maximum atomic E-state index is 13.4. The Kier molecular flexibility index (Phi) is 8.57. The number of hydrogen-bond donors (Lipinski definition) is 1. The van der Waals surface area contributed by atoms with Crippen molar-refractivity contribution >= 4 is 22.9 Å². The quantitative estimate of drug-likeness (QED) is 0.269. The van der Waals surface area contributed by atoms with Crippen LogP contribution < -0.4 is 14.8 Å². The van der Waals surface area contributed by atoms with E-state index < -0.39 is 23.8 Å². The Morgan fingerprint density at radius 1 is 1.05 bits per heavy atom. The van der Waals surface area contributed by atoms with E-state index in [0.29, 0.717) is 31.0 Å². The monoisotopic (exact) mass is 588 g/mol. The number of methoxy groups -OCH3 is 1. The zero-order valence-electron chi connectivity index (χ0n) is 25.0. The first-order chi connectivity index (χ1) is 20.5. The second-order valence-electron chi connectivity index (χ2n) is 11.8. The lowest BCUT2D eigenvalue weighted by atomic mass is 10.0. The van der Waals surface area contributed by atoms with E-state index in [4.69, 9.17) is 14.2 Å². The lowest BCUT2D eigenvalue weighted by Gasteiger charge is -2.28. The smallest absolute Gasteiger partial charge is 0.410 e. The lowest BCUT2D eigenvalue weighted by molar-refractivity contribution is -0.125. The van der Waals surface area contributed by atoms with Gasteiger partial charge in [-0.25, -0.2) is 13.9 Å². The molecule has 1 N–H and O–H groups in total. The third kappa shape index (κ3) is 7.07.